The van der Waals surface area contributed by atoms with E-state index in [1.165, 1.54) is 32.4 Å². The van der Waals surface area contributed by atoms with Crippen LogP contribution in [0.3, 0.4) is 0 Å². The van der Waals surface area contributed by atoms with Crippen molar-refractivity contribution < 1.29 is 55.5 Å². The van der Waals surface area contributed by atoms with Crippen molar-refractivity contribution in [3.63, 3.8) is 0 Å². The van der Waals surface area contributed by atoms with Crippen LogP contribution in [0.2, 0.25) is 10.0 Å². The molecule has 0 saturated carbocycles. The molecule has 8 aromatic carbocycles. The average molecular weight is 1120 g/mol. The number of aliphatic imine (C=N–C) groups is 1. The van der Waals surface area contributed by atoms with Crippen molar-refractivity contribution in [2.24, 2.45) is 25.4 Å². The van der Waals surface area contributed by atoms with Crippen molar-refractivity contribution in [2.45, 2.75) is 36.5 Å². The van der Waals surface area contributed by atoms with E-state index in [2.05, 4.69) is 30.8 Å². The number of hydrogen-bond acceptors (Lipinski definition) is 15. The molecule has 0 aliphatic carbocycles. The summed E-state index contributed by atoms with van der Waals surface area (Å²) in [7, 11) is -6.14. The number of rotatable bonds is 14. The van der Waals surface area contributed by atoms with Crippen LogP contribution in [0.25, 0.3) is 21.5 Å². The largest absolute Gasteiger partial charge is 2.00 e. The predicted octanol–water partition coefficient (Wildman–Crippen LogP) is 11.5. The molecule has 8 rings (SSSR count). The maximum Gasteiger partial charge on any atom is 2.00 e. The number of amides is 1. The zero-order valence-electron chi connectivity index (χ0n) is 40.1. The third kappa shape index (κ3) is 12.9. The summed E-state index contributed by atoms with van der Waals surface area (Å²) < 4.78 is 75.8. The summed E-state index contributed by atoms with van der Waals surface area (Å²) >= 11 is 12.4. The topological polar surface area (TPSA) is 284 Å². The van der Waals surface area contributed by atoms with Crippen LogP contribution < -0.4 is 25.0 Å². The summed E-state index contributed by atoms with van der Waals surface area (Å²) in [6.45, 7) is 3.46. The van der Waals surface area contributed by atoms with E-state index in [0.717, 1.165) is 12.1 Å². The number of phenols is 1. The van der Waals surface area contributed by atoms with Gasteiger partial charge in [-0.1, -0.05) is 116 Å². The van der Waals surface area contributed by atoms with E-state index < -0.39 is 53.3 Å². The van der Waals surface area contributed by atoms with E-state index in [4.69, 9.17) is 32.7 Å². The zero-order chi connectivity index (χ0) is 53.5. The van der Waals surface area contributed by atoms with Gasteiger partial charge >= 0.3 is 37.7 Å². The van der Waals surface area contributed by atoms with E-state index >= 15 is 0 Å². The van der Waals surface area contributed by atoms with Crippen LogP contribution in [0, 0.1) is 0 Å². The van der Waals surface area contributed by atoms with Gasteiger partial charge in [-0.15, -0.1) is 5.11 Å². The number of ether oxygens (including phenoxy) is 2. The molecule has 0 aliphatic heterocycles. The molecule has 0 heterocycles. The molecule has 0 spiro atoms. The summed E-state index contributed by atoms with van der Waals surface area (Å²) in [6.07, 6.45) is 0.572. The molecule has 0 fully saturated rings. The van der Waals surface area contributed by atoms with Crippen molar-refractivity contribution in [3.8, 4) is 23.0 Å². The molecule has 75 heavy (non-hydrogen) atoms. The average Bonchev–Trinajstić information content (AvgIpc) is 3.37. The number of methoxy groups -OCH3 is 2. The first-order valence-electron chi connectivity index (χ1n) is 22.0. The molecule has 0 radical (unpaired) electrons. The van der Waals surface area contributed by atoms with Gasteiger partial charge in [-0.25, -0.2) is 0 Å². The second-order valence-corrected chi connectivity index (χ2v) is 19.3. The first kappa shape index (κ1) is 57.6. The molecule has 0 bridgehead atoms. The van der Waals surface area contributed by atoms with Crippen molar-refractivity contribution in [3.05, 3.63) is 166 Å². The number of nitrogens with one attached hydrogen (secondary N) is 1. The molecular formula is C52H42CaCl2N6O12S2. The Morgan fingerprint density at radius 1 is 0.613 bits per heavy atom. The van der Waals surface area contributed by atoms with Crippen LogP contribution >= 0.6 is 23.2 Å². The van der Waals surface area contributed by atoms with Gasteiger partial charge in [0.15, 0.2) is 5.75 Å². The van der Waals surface area contributed by atoms with Crippen LogP contribution in [0.1, 0.15) is 40.9 Å². The summed E-state index contributed by atoms with van der Waals surface area (Å²) in [4.78, 5) is 16.3. The van der Waals surface area contributed by atoms with E-state index in [0.29, 0.717) is 56.3 Å². The Balaban J connectivity index is 0.000000241. The molecule has 0 aromatic heterocycles. The van der Waals surface area contributed by atoms with Gasteiger partial charge in [0.1, 0.15) is 32.7 Å². The summed E-state index contributed by atoms with van der Waals surface area (Å²) in [5.41, 5.74) is 1.52. The Morgan fingerprint density at radius 3 is 1.59 bits per heavy atom. The first-order valence-corrected chi connectivity index (χ1v) is 25.7. The van der Waals surface area contributed by atoms with Crippen LogP contribution in [-0.2, 0) is 33.1 Å². The molecule has 0 unspecified atom stereocenters. The second-order valence-electron chi connectivity index (χ2n) is 15.7. The van der Waals surface area contributed by atoms with Crippen LogP contribution in [0.5, 0.6) is 23.0 Å². The number of hydrogen-bond donors (Lipinski definition) is 4. The Morgan fingerprint density at radius 2 is 1.07 bits per heavy atom. The van der Waals surface area contributed by atoms with Gasteiger partial charge in [0.25, 0.3) is 26.1 Å². The van der Waals surface area contributed by atoms with E-state index in [9.17, 15) is 46.1 Å². The smallest absolute Gasteiger partial charge is 0.871 e. The fourth-order valence-corrected chi connectivity index (χ4v) is 9.99. The summed E-state index contributed by atoms with van der Waals surface area (Å²) in [5, 5.41) is 58.9. The van der Waals surface area contributed by atoms with Gasteiger partial charge in [-0.05, 0) is 107 Å². The molecule has 18 nitrogen and oxygen atoms in total. The number of nitrogens with zero attached hydrogens (tertiary/aromatic N) is 5. The van der Waals surface area contributed by atoms with E-state index in [-0.39, 0.29) is 93.8 Å². The number of para-hydroxylation sites is 4. The van der Waals surface area contributed by atoms with Gasteiger partial charge in [0, 0.05) is 10.8 Å². The molecule has 0 saturated heterocycles. The fraction of sp³-hybridized carbons (Fsp3) is 0.115. The number of aromatic hydroxyl groups is 1. The molecule has 8 aromatic rings. The van der Waals surface area contributed by atoms with Crippen LogP contribution in [-0.4, -0.2) is 94.8 Å². The molecule has 4 N–H and O–H groups in total. The van der Waals surface area contributed by atoms with Crippen molar-refractivity contribution in [2.75, 3.05) is 19.5 Å². The number of fused-ring (bicyclic) bond motifs is 2. The predicted molar refractivity (Wildman–Crippen MR) is 285 cm³/mol. The number of carbonyl (C=O) groups is 1. The number of phenolic OH excluding ortho intramolecular Hbond substituents is 1. The number of anilines is 1. The number of azo groups is 2. The monoisotopic (exact) mass is 1120 g/mol. The van der Waals surface area contributed by atoms with Crippen molar-refractivity contribution in [1.29, 1.82) is 0 Å². The van der Waals surface area contributed by atoms with Crippen molar-refractivity contribution in [1.82, 2.24) is 0 Å². The SMILES string of the molecule is CCc1c(N=Nc2c(O)c(C(=O)Nc3ccccc3OC)cc3ccccc23)ccc(S(=O)(=O)O)c1Cl.CCc1c(N=Nc2c([O-])c(C([O-])=Nc3ccccc3OC)cc3ccccc23)ccc(S(=O)(=O)O)c1Cl.[Ca+2]. The molecule has 0 atom stereocenters. The quantitative estimate of drug-likeness (QED) is 0.0260. The molecule has 1 amide bonds. The van der Waals surface area contributed by atoms with Crippen LogP contribution in [0.15, 0.2) is 169 Å². The van der Waals surface area contributed by atoms with E-state index in [1.807, 2.05) is 0 Å². The zero-order valence-corrected chi connectivity index (χ0v) is 45.5. The Kier molecular flexibility index (Phi) is 19.0. The van der Waals surface area contributed by atoms with Gasteiger partial charge in [-0.3, -0.25) is 18.9 Å². The van der Waals surface area contributed by atoms with Crippen LogP contribution in [0.4, 0.5) is 34.1 Å². The Labute approximate surface area is 470 Å². The molecule has 0 aliphatic rings. The minimum atomic E-state index is -4.54. The first-order chi connectivity index (χ1) is 35.3. The van der Waals surface area contributed by atoms with E-state index in [1.54, 1.807) is 117 Å². The normalized spacial score (nSPS) is 11.9. The Bertz CT molecular complexity index is 3830. The molecule has 23 heteroatoms. The minimum Gasteiger partial charge on any atom is -0.871 e. The van der Waals surface area contributed by atoms with Gasteiger partial charge in [-0.2, -0.15) is 32.2 Å². The number of carbonyl (C=O) groups excluding carboxylic acids is 1. The Hall–Kier alpha value is -6.72. The minimum absolute atomic E-state index is 0. The third-order valence-corrected chi connectivity index (χ3v) is 14.1. The maximum atomic E-state index is 13.4. The maximum absolute atomic E-state index is 13.4. The number of halogens is 2. The summed E-state index contributed by atoms with van der Waals surface area (Å²) in [5.74, 6) is -1.60. The van der Waals surface area contributed by atoms with Gasteiger partial charge in [0.2, 0.25) is 0 Å². The molecular weight excluding hydrogens is 1080 g/mol. The molecule has 380 valence electrons. The summed E-state index contributed by atoms with van der Waals surface area (Å²) in [6, 6.07) is 35.3. The van der Waals surface area contributed by atoms with Crippen molar-refractivity contribution >= 4 is 149 Å². The standard InChI is InChI=1S/2C26H22ClN3O6S.Ca/c2*1-3-16-19(12-13-22(23(16)27)37(33,34)35)29-30-24-17-9-5-4-8-15(17)14-18(25(24)31)26(32)28-20-10-6-7-11-21(20)36-2;/h2*4-14,31H,3H2,1-2H3,(H,28,32)(H,33,34,35);/q;;+2/p-2. The van der Waals surface area contributed by atoms with Gasteiger partial charge in [0.05, 0.1) is 52.6 Å². The second kappa shape index (κ2) is 24.7. The number of benzene rings is 8. The fourth-order valence-electron chi connectivity index (χ4n) is 7.63. The van der Waals surface area contributed by atoms with Gasteiger partial charge < -0.3 is 30.1 Å². The third-order valence-electron chi connectivity index (χ3n) is 11.3.